The predicted molar refractivity (Wildman–Crippen MR) is 47.5 cm³/mol. The van der Waals surface area contributed by atoms with E-state index in [0.717, 1.165) is 0 Å². The predicted octanol–water partition coefficient (Wildman–Crippen LogP) is 0.300. The number of nitrogens with one attached hydrogen (secondary N) is 2. The van der Waals surface area contributed by atoms with Gasteiger partial charge in [-0.3, -0.25) is 10.1 Å². The van der Waals surface area contributed by atoms with Crippen molar-refractivity contribution in [3.63, 3.8) is 0 Å². The second-order valence-corrected chi connectivity index (χ2v) is 3.61. The van der Waals surface area contributed by atoms with Gasteiger partial charge in [0.15, 0.2) is 0 Å². The molecule has 0 heterocycles. The maximum Gasteiger partial charge on any atom is 0.312 e. The molecule has 0 amide bonds. The van der Waals surface area contributed by atoms with Crippen LogP contribution < -0.4 is 10.6 Å². The lowest BCUT2D eigenvalue weighted by molar-refractivity contribution is -0.153. The van der Waals surface area contributed by atoms with Crippen molar-refractivity contribution in [3.8, 4) is 0 Å². The zero-order valence-corrected chi connectivity index (χ0v) is 8.23. The summed E-state index contributed by atoms with van der Waals surface area (Å²) in [5.74, 6) is -0.189. The maximum absolute atomic E-state index is 11.1. The molecule has 4 heteroatoms. The standard InChI is InChI=1S/C8H18N2O2/c1-8(2,3)7(11)12-6-10-5-9-4/h9-10H,5-6H2,1-4H3. The summed E-state index contributed by atoms with van der Waals surface area (Å²) in [6.45, 7) is 6.38. The highest BCUT2D eigenvalue weighted by Crippen LogP contribution is 2.14. The lowest BCUT2D eigenvalue weighted by atomic mass is 9.98. The molecule has 12 heavy (non-hydrogen) atoms. The Morgan fingerprint density at radius 3 is 2.42 bits per heavy atom. The van der Waals surface area contributed by atoms with Crippen LogP contribution in [-0.2, 0) is 9.53 Å². The van der Waals surface area contributed by atoms with Crippen molar-refractivity contribution in [2.24, 2.45) is 5.41 Å². The molecule has 0 saturated carbocycles. The Bertz CT molecular complexity index is 140. The van der Waals surface area contributed by atoms with Crippen molar-refractivity contribution in [3.05, 3.63) is 0 Å². The molecule has 0 unspecified atom stereocenters. The molecule has 0 aliphatic rings. The van der Waals surface area contributed by atoms with E-state index in [1.165, 1.54) is 0 Å². The van der Waals surface area contributed by atoms with Gasteiger partial charge in [-0.25, -0.2) is 0 Å². The molecule has 4 nitrogen and oxygen atoms in total. The van der Waals surface area contributed by atoms with E-state index in [1.807, 2.05) is 27.8 Å². The lowest BCUT2D eigenvalue weighted by Gasteiger charge is -2.16. The number of ether oxygens (including phenoxy) is 1. The summed E-state index contributed by atoms with van der Waals surface area (Å²) in [6, 6.07) is 0. The molecule has 0 aliphatic heterocycles. The summed E-state index contributed by atoms with van der Waals surface area (Å²) in [6.07, 6.45) is 0. The zero-order chi connectivity index (χ0) is 9.61. The fraction of sp³-hybridized carbons (Fsp3) is 0.875. The summed E-state index contributed by atoms with van der Waals surface area (Å²) in [4.78, 5) is 11.1. The van der Waals surface area contributed by atoms with Crippen LogP contribution in [0.25, 0.3) is 0 Å². The second kappa shape index (κ2) is 5.11. The van der Waals surface area contributed by atoms with Gasteiger partial charge >= 0.3 is 5.97 Å². The van der Waals surface area contributed by atoms with Gasteiger partial charge in [0.1, 0.15) is 6.73 Å². The number of hydrogen-bond acceptors (Lipinski definition) is 4. The van der Waals surface area contributed by atoms with E-state index < -0.39 is 5.41 Å². The average molecular weight is 174 g/mol. The van der Waals surface area contributed by atoms with E-state index in [4.69, 9.17) is 4.74 Å². The van der Waals surface area contributed by atoms with Crippen LogP contribution in [-0.4, -0.2) is 26.4 Å². The monoisotopic (exact) mass is 174 g/mol. The number of carbonyl (C=O) groups excluding carboxylic acids is 1. The molecule has 0 rings (SSSR count). The molecule has 72 valence electrons. The summed E-state index contributed by atoms with van der Waals surface area (Å²) in [5, 5.41) is 5.76. The third-order valence-corrected chi connectivity index (χ3v) is 1.22. The van der Waals surface area contributed by atoms with Gasteiger partial charge in [-0.15, -0.1) is 0 Å². The highest BCUT2D eigenvalue weighted by atomic mass is 16.5. The van der Waals surface area contributed by atoms with Gasteiger partial charge in [0.25, 0.3) is 0 Å². The quantitative estimate of drug-likeness (QED) is 0.365. The molecule has 2 N–H and O–H groups in total. The van der Waals surface area contributed by atoms with Crippen LogP contribution in [0, 0.1) is 5.41 Å². The Hall–Kier alpha value is -0.610. The molecule has 0 bridgehead atoms. The van der Waals surface area contributed by atoms with Gasteiger partial charge < -0.3 is 10.1 Å². The third kappa shape index (κ3) is 5.09. The van der Waals surface area contributed by atoms with E-state index in [9.17, 15) is 4.79 Å². The first-order valence-electron chi connectivity index (χ1n) is 4.01. The summed E-state index contributed by atoms with van der Waals surface area (Å²) in [5.41, 5.74) is -0.415. The van der Waals surface area contributed by atoms with Crippen LogP contribution in [0.1, 0.15) is 20.8 Å². The molecule has 0 atom stereocenters. The third-order valence-electron chi connectivity index (χ3n) is 1.22. The molecule has 0 saturated heterocycles. The SMILES string of the molecule is CNCNCOC(=O)C(C)(C)C. The largest absolute Gasteiger partial charge is 0.449 e. The molecule has 0 fully saturated rings. The van der Waals surface area contributed by atoms with Crippen molar-refractivity contribution < 1.29 is 9.53 Å². The van der Waals surface area contributed by atoms with Gasteiger partial charge in [-0.1, -0.05) is 0 Å². The minimum absolute atomic E-state index is 0.189. The molecule has 0 aromatic rings. The first-order valence-corrected chi connectivity index (χ1v) is 4.01. The first kappa shape index (κ1) is 11.4. The Morgan fingerprint density at radius 1 is 1.42 bits per heavy atom. The minimum Gasteiger partial charge on any atom is -0.449 e. The molecular formula is C8H18N2O2. The second-order valence-electron chi connectivity index (χ2n) is 3.61. The van der Waals surface area contributed by atoms with E-state index >= 15 is 0 Å². The van der Waals surface area contributed by atoms with Crippen molar-refractivity contribution in [1.82, 2.24) is 10.6 Å². The molecule has 0 aromatic heterocycles. The van der Waals surface area contributed by atoms with Crippen molar-refractivity contribution in [1.29, 1.82) is 0 Å². The Labute approximate surface area is 73.7 Å². The smallest absolute Gasteiger partial charge is 0.312 e. The summed E-state index contributed by atoms with van der Waals surface area (Å²) < 4.78 is 4.92. The Balaban J connectivity index is 3.45. The van der Waals surface area contributed by atoms with Crippen molar-refractivity contribution >= 4 is 5.97 Å². The number of esters is 1. The normalized spacial score (nSPS) is 11.3. The van der Waals surface area contributed by atoms with E-state index in [2.05, 4.69) is 10.6 Å². The molecule has 0 aliphatic carbocycles. The molecular weight excluding hydrogens is 156 g/mol. The van der Waals surface area contributed by atoms with Gasteiger partial charge in [0, 0.05) is 6.67 Å². The van der Waals surface area contributed by atoms with Crippen LogP contribution in [0.5, 0.6) is 0 Å². The van der Waals surface area contributed by atoms with Crippen LogP contribution in [0.3, 0.4) is 0 Å². The van der Waals surface area contributed by atoms with E-state index in [-0.39, 0.29) is 12.7 Å². The van der Waals surface area contributed by atoms with Crippen molar-refractivity contribution in [2.75, 3.05) is 20.4 Å². The lowest BCUT2D eigenvalue weighted by Crippen LogP contribution is -2.32. The van der Waals surface area contributed by atoms with E-state index in [1.54, 1.807) is 0 Å². The van der Waals surface area contributed by atoms with Crippen LogP contribution in [0.15, 0.2) is 0 Å². The minimum atomic E-state index is -0.415. The number of hydrogen-bond donors (Lipinski definition) is 2. The van der Waals surface area contributed by atoms with Crippen LogP contribution in [0.2, 0.25) is 0 Å². The highest BCUT2D eigenvalue weighted by molar-refractivity contribution is 5.75. The van der Waals surface area contributed by atoms with Gasteiger partial charge in [0.05, 0.1) is 5.41 Å². The summed E-state index contributed by atoms with van der Waals surface area (Å²) >= 11 is 0. The first-order chi connectivity index (χ1) is 5.48. The Kier molecular flexibility index (Phi) is 4.85. The topological polar surface area (TPSA) is 50.4 Å². The number of rotatable bonds is 4. The van der Waals surface area contributed by atoms with Crippen LogP contribution >= 0.6 is 0 Å². The van der Waals surface area contributed by atoms with Gasteiger partial charge in [-0.2, -0.15) is 0 Å². The molecule has 0 spiro atoms. The zero-order valence-electron chi connectivity index (χ0n) is 8.23. The van der Waals surface area contributed by atoms with E-state index in [0.29, 0.717) is 6.67 Å². The summed E-state index contributed by atoms with van der Waals surface area (Å²) in [7, 11) is 1.82. The fourth-order valence-electron chi connectivity index (χ4n) is 0.509. The fourth-order valence-corrected chi connectivity index (χ4v) is 0.509. The molecule has 0 aromatic carbocycles. The van der Waals surface area contributed by atoms with Crippen molar-refractivity contribution in [2.45, 2.75) is 20.8 Å². The average Bonchev–Trinajstić information content (AvgIpc) is 1.96. The highest BCUT2D eigenvalue weighted by Gasteiger charge is 2.22. The maximum atomic E-state index is 11.1. The van der Waals surface area contributed by atoms with Gasteiger partial charge in [-0.05, 0) is 27.8 Å². The Morgan fingerprint density at radius 2 is 2.00 bits per heavy atom. The van der Waals surface area contributed by atoms with Gasteiger partial charge in [0.2, 0.25) is 0 Å². The van der Waals surface area contributed by atoms with Crippen LogP contribution in [0.4, 0.5) is 0 Å². The number of carbonyl (C=O) groups is 1. The molecule has 0 radical (unpaired) electrons.